The van der Waals surface area contributed by atoms with Gasteiger partial charge in [-0.05, 0) is 66.0 Å². The number of nitrogens with two attached hydrogens (primary N) is 1. The van der Waals surface area contributed by atoms with Crippen LogP contribution in [0, 0.1) is 5.92 Å². The summed E-state index contributed by atoms with van der Waals surface area (Å²) in [6.07, 6.45) is 4.85. The molecule has 1 saturated carbocycles. The van der Waals surface area contributed by atoms with Crippen LogP contribution < -0.4 is 11.1 Å². The maximum Gasteiger partial charge on any atom is 0.0420 e. The summed E-state index contributed by atoms with van der Waals surface area (Å²) in [5.41, 5.74) is 7.26. The highest BCUT2D eigenvalue weighted by molar-refractivity contribution is 6.03. The minimum absolute atomic E-state index is 0.426. The topological polar surface area (TPSA) is 38.0 Å². The van der Waals surface area contributed by atoms with Crippen molar-refractivity contribution in [2.24, 2.45) is 11.7 Å². The maximum absolute atomic E-state index is 6.01. The van der Waals surface area contributed by atoms with Crippen LogP contribution in [0.1, 0.15) is 25.7 Å². The zero-order chi connectivity index (χ0) is 15.6. The van der Waals surface area contributed by atoms with Crippen molar-refractivity contribution in [2.75, 3.05) is 11.9 Å². The second-order valence-corrected chi connectivity index (χ2v) is 6.89. The first-order valence-electron chi connectivity index (χ1n) is 8.70. The summed E-state index contributed by atoms with van der Waals surface area (Å²) in [6.45, 7) is 1.05. The standard InChI is InChI=1S/C21H24N2/c22-19-10-8-15(9-11-19)14-23-21-7-3-6-18-12-16-4-1-2-5-17(16)13-20(18)21/h1-7,12-13,15,19,23H,8-11,14,22H2/t15-,19-. The molecule has 3 N–H and O–H groups in total. The third kappa shape index (κ3) is 3.04. The fraction of sp³-hybridized carbons (Fsp3) is 0.333. The smallest absolute Gasteiger partial charge is 0.0420 e. The monoisotopic (exact) mass is 304 g/mol. The fourth-order valence-electron chi connectivity index (χ4n) is 3.77. The van der Waals surface area contributed by atoms with Crippen LogP contribution in [-0.2, 0) is 0 Å². The summed E-state index contributed by atoms with van der Waals surface area (Å²) in [6, 6.07) is 20.1. The lowest BCUT2D eigenvalue weighted by molar-refractivity contribution is 0.339. The number of anilines is 1. The molecule has 2 heteroatoms. The summed E-state index contributed by atoms with van der Waals surface area (Å²) in [5, 5.41) is 8.93. The van der Waals surface area contributed by atoms with E-state index in [4.69, 9.17) is 5.73 Å². The third-order valence-electron chi connectivity index (χ3n) is 5.22. The van der Waals surface area contributed by atoms with E-state index in [1.165, 1.54) is 52.9 Å². The average Bonchev–Trinajstić information content (AvgIpc) is 2.59. The normalized spacial score (nSPS) is 21.6. The molecule has 3 aromatic rings. The number of hydrogen-bond acceptors (Lipinski definition) is 2. The van der Waals surface area contributed by atoms with E-state index in [1.807, 2.05) is 0 Å². The molecule has 2 nitrogen and oxygen atoms in total. The Hall–Kier alpha value is -2.06. The largest absolute Gasteiger partial charge is 0.384 e. The molecule has 0 heterocycles. The molecule has 0 amide bonds. The molecule has 0 spiro atoms. The number of hydrogen-bond donors (Lipinski definition) is 2. The highest BCUT2D eigenvalue weighted by Crippen LogP contribution is 2.30. The van der Waals surface area contributed by atoms with Gasteiger partial charge in [0, 0.05) is 23.7 Å². The van der Waals surface area contributed by atoms with E-state index in [0.717, 1.165) is 12.5 Å². The van der Waals surface area contributed by atoms with Crippen LogP contribution in [0.3, 0.4) is 0 Å². The zero-order valence-corrected chi connectivity index (χ0v) is 13.5. The Kier molecular flexibility index (Phi) is 3.92. The summed E-state index contributed by atoms with van der Waals surface area (Å²) < 4.78 is 0. The van der Waals surface area contributed by atoms with E-state index in [0.29, 0.717) is 6.04 Å². The van der Waals surface area contributed by atoms with Crippen molar-refractivity contribution in [1.82, 2.24) is 0 Å². The molecule has 0 atom stereocenters. The Bertz CT molecular complexity index is 816. The van der Waals surface area contributed by atoms with Crippen molar-refractivity contribution in [1.29, 1.82) is 0 Å². The summed E-state index contributed by atoms with van der Waals surface area (Å²) in [7, 11) is 0. The molecule has 0 unspecified atom stereocenters. The number of fused-ring (bicyclic) bond motifs is 2. The summed E-state index contributed by atoms with van der Waals surface area (Å²) in [4.78, 5) is 0. The van der Waals surface area contributed by atoms with Crippen LogP contribution in [0.25, 0.3) is 21.5 Å². The molecular formula is C21H24N2. The molecule has 1 fully saturated rings. The van der Waals surface area contributed by atoms with E-state index in [2.05, 4.69) is 59.9 Å². The van der Waals surface area contributed by atoms with Crippen molar-refractivity contribution in [3.8, 4) is 0 Å². The number of benzene rings is 3. The van der Waals surface area contributed by atoms with Gasteiger partial charge in [-0.3, -0.25) is 0 Å². The Morgan fingerprint density at radius 3 is 2.30 bits per heavy atom. The molecular weight excluding hydrogens is 280 g/mol. The van der Waals surface area contributed by atoms with E-state index in [9.17, 15) is 0 Å². The van der Waals surface area contributed by atoms with Gasteiger partial charge in [-0.1, -0.05) is 36.4 Å². The van der Waals surface area contributed by atoms with Gasteiger partial charge in [-0.15, -0.1) is 0 Å². The van der Waals surface area contributed by atoms with Crippen molar-refractivity contribution >= 4 is 27.2 Å². The minimum atomic E-state index is 0.426. The molecule has 3 aromatic carbocycles. The first-order valence-corrected chi connectivity index (χ1v) is 8.70. The predicted molar refractivity (Wildman–Crippen MR) is 99.9 cm³/mol. The fourth-order valence-corrected chi connectivity index (χ4v) is 3.77. The lowest BCUT2D eigenvalue weighted by Crippen LogP contribution is -2.29. The van der Waals surface area contributed by atoms with Crippen molar-refractivity contribution in [3.63, 3.8) is 0 Å². The molecule has 23 heavy (non-hydrogen) atoms. The molecule has 4 rings (SSSR count). The third-order valence-corrected chi connectivity index (χ3v) is 5.22. The lowest BCUT2D eigenvalue weighted by atomic mass is 9.86. The van der Waals surface area contributed by atoms with Crippen LogP contribution in [0.4, 0.5) is 5.69 Å². The van der Waals surface area contributed by atoms with Gasteiger partial charge in [0.1, 0.15) is 0 Å². The average molecular weight is 304 g/mol. The van der Waals surface area contributed by atoms with Crippen molar-refractivity contribution in [3.05, 3.63) is 54.6 Å². The summed E-state index contributed by atoms with van der Waals surface area (Å²) in [5.74, 6) is 0.755. The van der Waals surface area contributed by atoms with Crippen LogP contribution in [0.15, 0.2) is 54.6 Å². The SMILES string of the molecule is N[C@H]1CC[C@H](CNc2cccc3cc4ccccc4cc23)CC1. The molecule has 0 saturated heterocycles. The maximum atomic E-state index is 6.01. The quantitative estimate of drug-likeness (QED) is 0.674. The van der Waals surface area contributed by atoms with Crippen LogP contribution in [-0.4, -0.2) is 12.6 Å². The zero-order valence-electron chi connectivity index (χ0n) is 13.5. The summed E-state index contributed by atoms with van der Waals surface area (Å²) >= 11 is 0. The van der Waals surface area contributed by atoms with E-state index < -0.39 is 0 Å². The number of rotatable bonds is 3. The Morgan fingerprint density at radius 2 is 1.52 bits per heavy atom. The molecule has 0 bridgehead atoms. The first-order chi connectivity index (χ1) is 11.3. The van der Waals surface area contributed by atoms with Gasteiger partial charge in [-0.25, -0.2) is 0 Å². The van der Waals surface area contributed by atoms with E-state index in [-0.39, 0.29) is 0 Å². The second kappa shape index (κ2) is 6.21. The van der Waals surface area contributed by atoms with E-state index in [1.54, 1.807) is 0 Å². The van der Waals surface area contributed by atoms with Gasteiger partial charge in [0.25, 0.3) is 0 Å². The minimum Gasteiger partial charge on any atom is -0.384 e. The number of nitrogens with one attached hydrogen (secondary N) is 1. The molecule has 0 aromatic heterocycles. The van der Waals surface area contributed by atoms with Gasteiger partial charge in [0.15, 0.2) is 0 Å². The van der Waals surface area contributed by atoms with Crippen LogP contribution in [0.2, 0.25) is 0 Å². The predicted octanol–water partition coefficient (Wildman–Crippen LogP) is 4.92. The molecule has 0 aliphatic heterocycles. The lowest BCUT2D eigenvalue weighted by Gasteiger charge is -2.26. The Morgan fingerprint density at radius 1 is 0.826 bits per heavy atom. The van der Waals surface area contributed by atoms with Crippen LogP contribution in [0.5, 0.6) is 0 Å². The van der Waals surface area contributed by atoms with Gasteiger partial charge in [-0.2, -0.15) is 0 Å². The Balaban J connectivity index is 1.60. The van der Waals surface area contributed by atoms with Gasteiger partial charge < -0.3 is 11.1 Å². The highest BCUT2D eigenvalue weighted by Gasteiger charge is 2.18. The van der Waals surface area contributed by atoms with E-state index >= 15 is 0 Å². The molecule has 1 aliphatic rings. The van der Waals surface area contributed by atoms with Crippen molar-refractivity contribution in [2.45, 2.75) is 31.7 Å². The van der Waals surface area contributed by atoms with Gasteiger partial charge in [0.05, 0.1) is 0 Å². The molecule has 1 aliphatic carbocycles. The van der Waals surface area contributed by atoms with Gasteiger partial charge in [0.2, 0.25) is 0 Å². The second-order valence-electron chi connectivity index (χ2n) is 6.89. The van der Waals surface area contributed by atoms with Crippen molar-refractivity contribution < 1.29 is 0 Å². The van der Waals surface area contributed by atoms with Crippen LogP contribution >= 0.6 is 0 Å². The molecule has 0 radical (unpaired) electrons. The Labute approximate surface area is 137 Å². The molecule has 118 valence electrons. The highest BCUT2D eigenvalue weighted by atomic mass is 14.9. The first kappa shape index (κ1) is 14.5. The van der Waals surface area contributed by atoms with Gasteiger partial charge >= 0.3 is 0 Å².